The highest BCUT2D eigenvalue weighted by atomic mass is 16.5. The highest BCUT2D eigenvalue weighted by Crippen LogP contribution is 2.33. The van der Waals surface area contributed by atoms with Gasteiger partial charge in [0.15, 0.2) is 12.7 Å². The molecule has 1 unspecified atom stereocenters. The molecule has 1 aliphatic rings. The van der Waals surface area contributed by atoms with Crippen LogP contribution >= 0.6 is 0 Å². The number of esters is 1. The molecule has 0 aromatic heterocycles. The number of amides is 1. The van der Waals surface area contributed by atoms with Crippen molar-refractivity contribution in [1.82, 2.24) is 0 Å². The molecule has 0 saturated heterocycles. The Morgan fingerprint density at radius 1 is 1.13 bits per heavy atom. The lowest BCUT2D eigenvalue weighted by atomic mass is 10.0. The standard InChI is InChI=1S/C23H25NO6/c1-4-11-24-19-13-16(9-10-20(19)29-14-21(24)25)22(26)15(3)30-18-8-6-7-17(12-18)23(27)28-5-2/h6-10,12-13,15H,4-5,11,14H2,1-3H3. The van der Waals surface area contributed by atoms with Crippen molar-refractivity contribution in [3.63, 3.8) is 0 Å². The summed E-state index contributed by atoms with van der Waals surface area (Å²) in [6, 6.07) is 11.5. The number of hydrogen-bond donors (Lipinski definition) is 0. The average molecular weight is 411 g/mol. The number of ether oxygens (including phenoxy) is 3. The maximum atomic E-state index is 12.9. The number of Topliss-reactive ketones (excluding diaryl/α,β-unsaturated/α-hetero) is 1. The topological polar surface area (TPSA) is 82.1 Å². The van der Waals surface area contributed by atoms with Crippen LogP contribution in [0.15, 0.2) is 42.5 Å². The minimum atomic E-state index is -0.791. The second kappa shape index (κ2) is 9.43. The number of carbonyl (C=O) groups excluding carboxylic acids is 3. The molecule has 1 atom stereocenters. The highest BCUT2D eigenvalue weighted by Gasteiger charge is 2.27. The van der Waals surface area contributed by atoms with Gasteiger partial charge in [-0.2, -0.15) is 0 Å². The third-order valence-electron chi connectivity index (χ3n) is 4.66. The molecular weight excluding hydrogens is 386 g/mol. The minimum Gasteiger partial charge on any atom is -0.483 e. The van der Waals surface area contributed by atoms with Crippen LogP contribution in [-0.2, 0) is 9.53 Å². The van der Waals surface area contributed by atoms with Gasteiger partial charge in [-0.1, -0.05) is 13.0 Å². The molecule has 0 fully saturated rings. The van der Waals surface area contributed by atoms with Crippen molar-refractivity contribution in [2.75, 3.05) is 24.7 Å². The van der Waals surface area contributed by atoms with Crippen LogP contribution in [0.1, 0.15) is 47.9 Å². The van der Waals surface area contributed by atoms with E-state index in [9.17, 15) is 14.4 Å². The fourth-order valence-electron chi connectivity index (χ4n) is 3.23. The summed E-state index contributed by atoms with van der Waals surface area (Å²) >= 11 is 0. The molecule has 1 heterocycles. The largest absolute Gasteiger partial charge is 0.483 e. The zero-order chi connectivity index (χ0) is 21.7. The van der Waals surface area contributed by atoms with Crippen LogP contribution in [0.2, 0.25) is 0 Å². The quantitative estimate of drug-likeness (QED) is 0.487. The summed E-state index contributed by atoms with van der Waals surface area (Å²) in [6.07, 6.45) is -0.0000166. The first kappa shape index (κ1) is 21.4. The molecule has 3 rings (SSSR count). The van der Waals surface area contributed by atoms with Gasteiger partial charge in [0, 0.05) is 12.1 Å². The molecule has 7 heteroatoms. The van der Waals surface area contributed by atoms with E-state index in [0.717, 1.165) is 6.42 Å². The van der Waals surface area contributed by atoms with E-state index in [4.69, 9.17) is 14.2 Å². The van der Waals surface area contributed by atoms with E-state index in [1.54, 1.807) is 61.2 Å². The van der Waals surface area contributed by atoms with Gasteiger partial charge in [-0.15, -0.1) is 0 Å². The van der Waals surface area contributed by atoms with Crippen LogP contribution in [0.3, 0.4) is 0 Å². The van der Waals surface area contributed by atoms with Crippen molar-refractivity contribution >= 4 is 23.3 Å². The minimum absolute atomic E-state index is 0.00336. The summed E-state index contributed by atoms with van der Waals surface area (Å²) in [7, 11) is 0. The number of rotatable bonds is 8. The predicted molar refractivity (Wildman–Crippen MR) is 111 cm³/mol. The molecule has 0 spiro atoms. The second-order valence-corrected chi connectivity index (χ2v) is 6.89. The van der Waals surface area contributed by atoms with E-state index >= 15 is 0 Å². The van der Waals surface area contributed by atoms with Gasteiger partial charge >= 0.3 is 5.97 Å². The van der Waals surface area contributed by atoms with Gasteiger partial charge in [0.2, 0.25) is 5.78 Å². The molecule has 30 heavy (non-hydrogen) atoms. The van der Waals surface area contributed by atoms with Crippen molar-refractivity contribution < 1.29 is 28.6 Å². The van der Waals surface area contributed by atoms with Gasteiger partial charge in [-0.25, -0.2) is 4.79 Å². The Kier molecular flexibility index (Phi) is 6.72. The number of carbonyl (C=O) groups is 3. The van der Waals surface area contributed by atoms with Crippen LogP contribution in [0.4, 0.5) is 5.69 Å². The monoisotopic (exact) mass is 411 g/mol. The molecule has 0 N–H and O–H groups in total. The number of benzene rings is 2. The number of hydrogen-bond acceptors (Lipinski definition) is 6. The summed E-state index contributed by atoms with van der Waals surface area (Å²) in [6.45, 7) is 6.19. The Bertz CT molecular complexity index is 954. The van der Waals surface area contributed by atoms with Crippen molar-refractivity contribution in [2.24, 2.45) is 0 Å². The zero-order valence-corrected chi connectivity index (χ0v) is 17.3. The van der Waals surface area contributed by atoms with Crippen LogP contribution in [0, 0.1) is 0 Å². The summed E-state index contributed by atoms with van der Waals surface area (Å²) in [4.78, 5) is 38.7. The molecule has 2 aromatic carbocycles. The number of nitrogens with zero attached hydrogens (tertiary/aromatic N) is 1. The van der Waals surface area contributed by atoms with E-state index in [1.807, 2.05) is 6.92 Å². The first-order valence-corrected chi connectivity index (χ1v) is 9.99. The van der Waals surface area contributed by atoms with Gasteiger partial charge < -0.3 is 19.1 Å². The molecular formula is C23H25NO6. The molecule has 1 amide bonds. The Hall–Kier alpha value is -3.35. The lowest BCUT2D eigenvalue weighted by molar-refractivity contribution is -0.121. The lowest BCUT2D eigenvalue weighted by Gasteiger charge is -2.29. The smallest absolute Gasteiger partial charge is 0.338 e. The Morgan fingerprint density at radius 2 is 1.93 bits per heavy atom. The number of ketones is 1. The van der Waals surface area contributed by atoms with Crippen molar-refractivity contribution in [2.45, 2.75) is 33.3 Å². The number of anilines is 1. The molecule has 0 saturated carbocycles. The summed E-state index contributed by atoms with van der Waals surface area (Å²) in [5.74, 6) is 0.154. The molecule has 0 bridgehead atoms. The molecule has 1 aliphatic heterocycles. The zero-order valence-electron chi connectivity index (χ0n) is 17.3. The van der Waals surface area contributed by atoms with E-state index in [2.05, 4.69) is 0 Å². The lowest BCUT2D eigenvalue weighted by Crippen LogP contribution is -2.39. The van der Waals surface area contributed by atoms with E-state index < -0.39 is 12.1 Å². The van der Waals surface area contributed by atoms with Gasteiger partial charge in [-0.3, -0.25) is 9.59 Å². The summed E-state index contributed by atoms with van der Waals surface area (Å²) in [5.41, 5.74) is 1.37. The van der Waals surface area contributed by atoms with E-state index in [1.165, 1.54) is 0 Å². The summed E-state index contributed by atoms with van der Waals surface area (Å²) in [5, 5.41) is 0. The van der Waals surface area contributed by atoms with E-state index in [0.29, 0.717) is 34.9 Å². The summed E-state index contributed by atoms with van der Waals surface area (Å²) < 4.78 is 16.2. The second-order valence-electron chi connectivity index (χ2n) is 6.89. The van der Waals surface area contributed by atoms with Crippen molar-refractivity contribution in [1.29, 1.82) is 0 Å². The Labute approximate surface area is 175 Å². The van der Waals surface area contributed by atoms with Crippen LogP contribution in [-0.4, -0.2) is 43.5 Å². The molecule has 158 valence electrons. The molecule has 0 radical (unpaired) electrons. The molecule has 0 aliphatic carbocycles. The third kappa shape index (κ3) is 4.62. The predicted octanol–water partition coefficient (Wildman–Crippen LogP) is 3.65. The van der Waals surface area contributed by atoms with Crippen LogP contribution in [0.5, 0.6) is 11.5 Å². The van der Waals surface area contributed by atoms with Gasteiger partial charge in [0.05, 0.1) is 17.9 Å². The maximum Gasteiger partial charge on any atom is 0.338 e. The van der Waals surface area contributed by atoms with Crippen LogP contribution in [0.25, 0.3) is 0 Å². The SMILES string of the molecule is CCCN1C(=O)COc2ccc(C(=O)C(C)Oc3cccc(C(=O)OCC)c3)cc21. The van der Waals surface area contributed by atoms with E-state index in [-0.39, 0.29) is 24.9 Å². The van der Waals surface area contributed by atoms with Gasteiger partial charge in [0.25, 0.3) is 5.91 Å². The van der Waals surface area contributed by atoms with Crippen molar-refractivity contribution in [3.8, 4) is 11.5 Å². The van der Waals surface area contributed by atoms with Crippen LogP contribution < -0.4 is 14.4 Å². The molecule has 2 aromatic rings. The first-order valence-electron chi connectivity index (χ1n) is 9.99. The van der Waals surface area contributed by atoms with Gasteiger partial charge in [0.1, 0.15) is 11.5 Å². The third-order valence-corrected chi connectivity index (χ3v) is 4.66. The molecule has 7 nitrogen and oxygen atoms in total. The highest BCUT2D eigenvalue weighted by molar-refractivity contribution is 6.03. The maximum absolute atomic E-state index is 12.9. The Balaban J connectivity index is 1.78. The fourth-order valence-corrected chi connectivity index (χ4v) is 3.23. The normalized spacial score (nSPS) is 13.8. The van der Waals surface area contributed by atoms with Crippen molar-refractivity contribution in [3.05, 3.63) is 53.6 Å². The first-order chi connectivity index (χ1) is 14.4. The number of fused-ring (bicyclic) bond motifs is 1. The average Bonchev–Trinajstić information content (AvgIpc) is 2.75. The Morgan fingerprint density at radius 3 is 2.67 bits per heavy atom. The fraction of sp³-hybridized carbons (Fsp3) is 0.348. The van der Waals surface area contributed by atoms with Gasteiger partial charge in [-0.05, 0) is 56.7 Å².